The molecule has 0 saturated heterocycles. The highest BCUT2D eigenvalue weighted by molar-refractivity contribution is 5.89. The van der Waals surface area contributed by atoms with Gasteiger partial charge in [0.15, 0.2) is 5.78 Å². The number of Topliss-reactive ketones (excluding diaryl/α,β-unsaturated/α-hetero) is 2. The number of hydrogen-bond donors (Lipinski definition) is 0. The number of carbonyl (C=O) groups is 2. The normalized spacial score (nSPS) is 10.6. The second-order valence-corrected chi connectivity index (χ2v) is 5.91. The summed E-state index contributed by atoms with van der Waals surface area (Å²) >= 11 is 0. The molecule has 0 N–H and O–H groups in total. The van der Waals surface area contributed by atoms with Crippen molar-refractivity contribution in [2.75, 3.05) is 26.9 Å². The van der Waals surface area contributed by atoms with E-state index < -0.39 is 5.09 Å². The molecule has 2 rings (SSSR count). The standard InChI is InChI=1S/C19H21NO7/c1-25-19-7-4-15-10-14(2-3-16(15)12-19)11-17(21)5-6-18(22)13-26-8-9-27-20(23)24/h2-4,7,10,12H,5-6,8-9,11,13H2,1H3. The van der Waals surface area contributed by atoms with Crippen LogP contribution in [0.3, 0.4) is 0 Å². The first-order chi connectivity index (χ1) is 13.0. The molecule has 0 saturated carbocycles. The third-order valence-corrected chi connectivity index (χ3v) is 3.88. The molecule has 0 aliphatic heterocycles. The van der Waals surface area contributed by atoms with E-state index in [0.29, 0.717) is 0 Å². The Morgan fingerprint density at radius 1 is 1.00 bits per heavy atom. The van der Waals surface area contributed by atoms with Crippen LogP contribution in [0.4, 0.5) is 0 Å². The van der Waals surface area contributed by atoms with Crippen LogP contribution in [-0.2, 0) is 25.6 Å². The number of carbonyl (C=O) groups excluding carboxylic acids is 2. The molecule has 0 heterocycles. The zero-order chi connectivity index (χ0) is 19.6. The van der Waals surface area contributed by atoms with E-state index in [9.17, 15) is 19.7 Å². The molecule has 2 aromatic carbocycles. The van der Waals surface area contributed by atoms with Crippen LogP contribution in [0.25, 0.3) is 10.8 Å². The first-order valence-electron chi connectivity index (χ1n) is 8.43. The summed E-state index contributed by atoms with van der Waals surface area (Å²) in [6, 6.07) is 11.5. The van der Waals surface area contributed by atoms with Gasteiger partial charge in [0.05, 0.1) is 13.7 Å². The van der Waals surface area contributed by atoms with Crippen LogP contribution in [0, 0.1) is 10.1 Å². The van der Waals surface area contributed by atoms with E-state index in [2.05, 4.69) is 4.84 Å². The minimum absolute atomic E-state index is 0.0344. The Kier molecular flexibility index (Phi) is 7.69. The number of methoxy groups -OCH3 is 1. The number of ether oxygens (including phenoxy) is 2. The average Bonchev–Trinajstić information content (AvgIpc) is 2.65. The lowest BCUT2D eigenvalue weighted by Gasteiger charge is -2.06. The summed E-state index contributed by atoms with van der Waals surface area (Å²) in [5.41, 5.74) is 0.887. The topological polar surface area (TPSA) is 105 Å². The summed E-state index contributed by atoms with van der Waals surface area (Å²) < 4.78 is 10.2. The molecule has 0 unspecified atom stereocenters. The molecule has 8 heteroatoms. The molecule has 0 spiro atoms. The molecule has 0 atom stereocenters. The van der Waals surface area contributed by atoms with E-state index in [0.717, 1.165) is 22.1 Å². The van der Waals surface area contributed by atoms with Gasteiger partial charge in [-0.1, -0.05) is 24.3 Å². The monoisotopic (exact) mass is 375 g/mol. The molecule has 0 aromatic heterocycles. The van der Waals surface area contributed by atoms with Gasteiger partial charge in [-0.2, -0.15) is 0 Å². The molecular formula is C19H21NO7. The van der Waals surface area contributed by atoms with Crippen molar-refractivity contribution in [3.8, 4) is 5.75 Å². The van der Waals surface area contributed by atoms with E-state index >= 15 is 0 Å². The zero-order valence-corrected chi connectivity index (χ0v) is 15.0. The van der Waals surface area contributed by atoms with E-state index in [4.69, 9.17) is 9.47 Å². The number of fused-ring (bicyclic) bond motifs is 1. The van der Waals surface area contributed by atoms with Gasteiger partial charge in [-0.25, -0.2) is 0 Å². The molecule has 0 amide bonds. The molecule has 0 aliphatic rings. The SMILES string of the molecule is COc1ccc2cc(CC(=O)CCC(=O)COCCO[N+](=O)[O-])ccc2c1. The summed E-state index contributed by atoms with van der Waals surface area (Å²) in [4.78, 5) is 37.8. The van der Waals surface area contributed by atoms with Gasteiger partial charge >= 0.3 is 0 Å². The Balaban J connectivity index is 1.74. The molecule has 0 radical (unpaired) electrons. The van der Waals surface area contributed by atoms with Gasteiger partial charge in [0.2, 0.25) is 0 Å². The van der Waals surface area contributed by atoms with Crippen LogP contribution in [0.2, 0.25) is 0 Å². The molecule has 0 bridgehead atoms. The summed E-state index contributed by atoms with van der Waals surface area (Å²) in [7, 11) is 1.61. The lowest BCUT2D eigenvalue weighted by atomic mass is 10.0. The Bertz CT molecular complexity index is 819. The van der Waals surface area contributed by atoms with Crippen molar-refractivity contribution < 1.29 is 29.0 Å². The van der Waals surface area contributed by atoms with Crippen molar-refractivity contribution in [1.29, 1.82) is 0 Å². The minimum atomic E-state index is -0.923. The Morgan fingerprint density at radius 2 is 1.70 bits per heavy atom. The summed E-state index contributed by atoms with van der Waals surface area (Å²) in [6.07, 6.45) is 0.473. The molecular weight excluding hydrogens is 354 g/mol. The predicted octanol–water partition coefficient (Wildman–Crippen LogP) is 2.53. The van der Waals surface area contributed by atoms with Crippen LogP contribution >= 0.6 is 0 Å². The molecule has 0 fully saturated rings. The van der Waals surface area contributed by atoms with E-state index in [1.165, 1.54) is 0 Å². The van der Waals surface area contributed by atoms with Gasteiger partial charge in [0, 0.05) is 19.3 Å². The smallest absolute Gasteiger partial charge is 0.294 e. The maximum absolute atomic E-state index is 12.1. The highest BCUT2D eigenvalue weighted by atomic mass is 17.0. The number of nitrogens with zero attached hydrogens (tertiary/aromatic N) is 1. The summed E-state index contributed by atoms with van der Waals surface area (Å²) in [6.45, 7) is -0.470. The van der Waals surface area contributed by atoms with Crippen LogP contribution in [0.5, 0.6) is 5.75 Å². The number of benzene rings is 2. The fourth-order valence-corrected chi connectivity index (χ4v) is 2.53. The average molecular weight is 375 g/mol. The third kappa shape index (κ3) is 7.02. The zero-order valence-electron chi connectivity index (χ0n) is 15.0. The first-order valence-corrected chi connectivity index (χ1v) is 8.43. The third-order valence-electron chi connectivity index (χ3n) is 3.88. The Morgan fingerprint density at radius 3 is 2.44 bits per heavy atom. The van der Waals surface area contributed by atoms with Gasteiger partial charge in [-0.3, -0.25) is 9.59 Å². The highest BCUT2D eigenvalue weighted by Gasteiger charge is 2.09. The van der Waals surface area contributed by atoms with Crippen LogP contribution < -0.4 is 4.74 Å². The largest absolute Gasteiger partial charge is 0.497 e. The summed E-state index contributed by atoms with van der Waals surface area (Å²) in [5, 5.41) is 11.1. The number of rotatable bonds is 12. The van der Waals surface area contributed by atoms with Crippen molar-refractivity contribution in [3.05, 3.63) is 52.1 Å². The summed E-state index contributed by atoms with van der Waals surface area (Å²) in [5.74, 6) is 0.514. The lowest BCUT2D eigenvalue weighted by molar-refractivity contribution is -0.758. The Hall–Kier alpha value is -3.00. The number of ketones is 2. The van der Waals surface area contributed by atoms with E-state index in [1.807, 2.05) is 36.4 Å². The molecule has 27 heavy (non-hydrogen) atoms. The van der Waals surface area contributed by atoms with Crippen molar-refractivity contribution in [2.24, 2.45) is 0 Å². The maximum atomic E-state index is 12.1. The van der Waals surface area contributed by atoms with Crippen molar-refractivity contribution in [2.45, 2.75) is 19.3 Å². The maximum Gasteiger partial charge on any atom is 0.294 e. The highest BCUT2D eigenvalue weighted by Crippen LogP contribution is 2.22. The molecule has 8 nitrogen and oxygen atoms in total. The fourth-order valence-electron chi connectivity index (χ4n) is 2.53. The van der Waals surface area contributed by atoms with Crippen LogP contribution in [-0.4, -0.2) is 43.6 Å². The lowest BCUT2D eigenvalue weighted by Crippen LogP contribution is -2.15. The number of hydrogen-bond acceptors (Lipinski definition) is 7. The second kappa shape index (κ2) is 10.2. The van der Waals surface area contributed by atoms with Gasteiger partial charge in [0.1, 0.15) is 24.7 Å². The van der Waals surface area contributed by atoms with Gasteiger partial charge in [-0.15, -0.1) is 10.1 Å². The molecule has 0 aliphatic carbocycles. The van der Waals surface area contributed by atoms with Crippen molar-refractivity contribution >= 4 is 22.3 Å². The van der Waals surface area contributed by atoms with E-state index in [-0.39, 0.29) is 50.6 Å². The van der Waals surface area contributed by atoms with Gasteiger partial charge in [-0.05, 0) is 28.5 Å². The first kappa shape index (κ1) is 20.3. The van der Waals surface area contributed by atoms with Crippen molar-refractivity contribution in [3.63, 3.8) is 0 Å². The predicted molar refractivity (Wildman–Crippen MR) is 97.2 cm³/mol. The van der Waals surface area contributed by atoms with Crippen LogP contribution in [0.1, 0.15) is 18.4 Å². The van der Waals surface area contributed by atoms with E-state index in [1.54, 1.807) is 7.11 Å². The van der Waals surface area contributed by atoms with Gasteiger partial charge < -0.3 is 14.3 Å². The fraction of sp³-hybridized carbons (Fsp3) is 0.368. The second-order valence-electron chi connectivity index (χ2n) is 5.91. The molecule has 144 valence electrons. The Labute approximate surface area is 156 Å². The molecule has 2 aromatic rings. The quantitative estimate of drug-likeness (QED) is 0.319. The minimum Gasteiger partial charge on any atom is -0.497 e. The van der Waals surface area contributed by atoms with Crippen LogP contribution in [0.15, 0.2) is 36.4 Å². The van der Waals surface area contributed by atoms with Gasteiger partial charge in [0.25, 0.3) is 5.09 Å². The van der Waals surface area contributed by atoms with Crippen molar-refractivity contribution in [1.82, 2.24) is 0 Å².